The first kappa shape index (κ1) is 11.3. The summed E-state index contributed by atoms with van der Waals surface area (Å²) in [5, 5.41) is -0.0438. The van der Waals surface area contributed by atoms with Crippen LogP contribution in [0.2, 0.25) is 0 Å². The first-order valence-corrected chi connectivity index (χ1v) is 4.95. The van der Waals surface area contributed by atoms with Gasteiger partial charge in [-0.2, -0.15) is 0 Å². The Hall–Kier alpha value is -2.17. The molecule has 0 fully saturated rings. The molecular weight excluding hydrogens is 225 g/mol. The van der Waals surface area contributed by atoms with E-state index in [9.17, 15) is 14.0 Å². The van der Waals surface area contributed by atoms with Crippen LogP contribution in [0.25, 0.3) is 10.9 Å². The first-order valence-electron chi connectivity index (χ1n) is 4.95. The number of aromatic nitrogens is 1. The number of esters is 1. The molecule has 1 aromatic heterocycles. The fraction of sp³-hybridized carbons (Fsp3) is 0.167. The monoisotopic (exact) mass is 235 g/mol. The van der Waals surface area contributed by atoms with E-state index in [4.69, 9.17) is 0 Å². The Bertz CT molecular complexity index is 661. The van der Waals surface area contributed by atoms with Crippen LogP contribution in [0.15, 0.2) is 23.0 Å². The van der Waals surface area contributed by atoms with Gasteiger partial charge in [0.15, 0.2) is 5.43 Å². The lowest BCUT2D eigenvalue weighted by molar-refractivity contribution is 0.0594. The molecule has 1 heterocycles. The Labute approximate surface area is 96.0 Å². The van der Waals surface area contributed by atoms with Gasteiger partial charge in [-0.15, -0.1) is 0 Å². The van der Waals surface area contributed by atoms with E-state index in [1.165, 1.54) is 19.2 Å². The fourth-order valence-electron chi connectivity index (χ4n) is 1.68. The SMILES string of the molecule is COC(=O)c1cc(=O)c2c(F)ccc(C)c2[nH]1. The van der Waals surface area contributed by atoms with Crippen molar-refractivity contribution in [3.8, 4) is 0 Å². The summed E-state index contributed by atoms with van der Waals surface area (Å²) in [6, 6.07) is 3.80. The summed E-state index contributed by atoms with van der Waals surface area (Å²) in [5.41, 5.74) is 0.473. The first-order chi connectivity index (χ1) is 8.04. The second-order valence-electron chi connectivity index (χ2n) is 3.65. The number of hydrogen-bond donors (Lipinski definition) is 1. The zero-order chi connectivity index (χ0) is 12.6. The molecule has 2 aromatic rings. The molecule has 1 N–H and O–H groups in total. The van der Waals surface area contributed by atoms with Crippen molar-refractivity contribution in [3.63, 3.8) is 0 Å². The number of carbonyl (C=O) groups excluding carboxylic acids is 1. The molecule has 0 aliphatic heterocycles. The summed E-state index contributed by atoms with van der Waals surface area (Å²) >= 11 is 0. The predicted molar refractivity (Wildman–Crippen MR) is 60.6 cm³/mol. The molecule has 2 rings (SSSR count). The van der Waals surface area contributed by atoms with Crippen molar-refractivity contribution >= 4 is 16.9 Å². The smallest absolute Gasteiger partial charge is 0.354 e. The minimum Gasteiger partial charge on any atom is -0.464 e. The van der Waals surface area contributed by atoms with Crippen LogP contribution in [0.1, 0.15) is 16.1 Å². The van der Waals surface area contributed by atoms with E-state index < -0.39 is 17.2 Å². The van der Waals surface area contributed by atoms with Gasteiger partial charge in [0.2, 0.25) is 0 Å². The number of benzene rings is 1. The van der Waals surface area contributed by atoms with Crippen molar-refractivity contribution in [2.24, 2.45) is 0 Å². The molecular formula is C12H10FNO3. The molecule has 0 aliphatic rings. The summed E-state index contributed by atoms with van der Waals surface area (Å²) < 4.78 is 18.0. The van der Waals surface area contributed by atoms with E-state index in [0.717, 1.165) is 6.07 Å². The molecule has 17 heavy (non-hydrogen) atoms. The van der Waals surface area contributed by atoms with Crippen molar-refractivity contribution < 1.29 is 13.9 Å². The molecule has 88 valence electrons. The lowest BCUT2D eigenvalue weighted by Gasteiger charge is -2.05. The number of pyridine rings is 1. The number of aryl methyl sites for hydroxylation is 1. The van der Waals surface area contributed by atoms with Gasteiger partial charge in [0, 0.05) is 6.07 Å². The molecule has 0 amide bonds. The van der Waals surface area contributed by atoms with E-state index in [1.807, 2.05) is 0 Å². The predicted octanol–water partition coefficient (Wildman–Crippen LogP) is 1.76. The minimum atomic E-state index is -0.660. The molecule has 4 nitrogen and oxygen atoms in total. The number of ether oxygens (including phenoxy) is 1. The summed E-state index contributed by atoms with van der Waals surface area (Å²) in [7, 11) is 1.21. The van der Waals surface area contributed by atoms with Crippen LogP contribution < -0.4 is 5.43 Å². The summed E-state index contributed by atoms with van der Waals surface area (Å²) in [5.74, 6) is -1.27. The Morgan fingerprint density at radius 1 is 1.41 bits per heavy atom. The Kier molecular flexibility index (Phi) is 2.67. The highest BCUT2D eigenvalue weighted by Crippen LogP contribution is 2.16. The second kappa shape index (κ2) is 4.01. The second-order valence-corrected chi connectivity index (χ2v) is 3.65. The molecule has 1 aromatic carbocycles. The van der Waals surface area contributed by atoms with Gasteiger partial charge in [-0.25, -0.2) is 9.18 Å². The van der Waals surface area contributed by atoms with Crippen molar-refractivity contribution in [1.29, 1.82) is 0 Å². The normalized spacial score (nSPS) is 10.5. The maximum absolute atomic E-state index is 13.5. The Morgan fingerprint density at radius 3 is 2.76 bits per heavy atom. The third kappa shape index (κ3) is 1.80. The summed E-state index contributed by atoms with van der Waals surface area (Å²) in [6.07, 6.45) is 0. The fourth-order valence-corrected chi connectivity index (χ4v) is 1.68. The molecule has 5 heteroatoms. The third-order valence-electron chi connectivity index (χ3n) is 2.55. The molecule has 0 atom stereocenters. The van der Waals surface area contributed by atoms with Crippen LogP contribution in [0, 0.1) is 12.7 Å². The third-order valence-corrected chi connectivity index (χ3v) is 2.55. The van der Waals surface area contributed by atoms with Gasteiger partial charge in [0.05, 0.1) is 18.0 Å². The van der Waals surface area contributed by atoms with E-state index in [-0.39, 0.29) is 11.1 Å². The maximum atomic E-state index is 13.5. The van der Waals surface area contributed by atoms with Gasteiger partial charge in [0.25, 0.3) is 0 Å². The van der Waals surface area contributed by atoms with Crippen molar-refractivity contribution in [2.45, 2.75) is 6.92 Å². The lowest BCUT2D eigenvalue weighted by atomic mass is 10.1. The molecule has 0 aliphatic carbocycles. The number of fused-ring (bicyclic) bond motifs is 1. The molecule has 0 saturated carbocycles. The number of halogens is 1. The average Bonchev–Trinajstić information content (AvgIpc) is 2.32. The summed E-state index contributed by atoms with van der Waals surface area (Å²) in [4.78, 5) is 25.8. The van der Waals surface area contributed by atoms with Crippen LogP contribution in [0.3, 0.4) is 0 Å². The van der Waals surface area contributed by atoms with Gasteiger partial charge in [-0.1, -0.05) is 6.07 Å². The summed E-state index contributed by atoms with van der Waals surface area (Å²) in [6.45, 7) is 1.72. The van der Waals surface area contributed by atoms with Gasteiger partial charge in [-0.05, 0) is 18.6 Å². The minimum absolute atomic E-state index is 0.0127. The van der Waals surface area contributed by atoms with Crippen LogP contribution in [-0.2, 0) is 4.74 Å². The van der Waals surface area contributed by atoms with Crippen LogP contribution in [-0.4, -0.2) is 18.1 Å². The van der Waals surface area contributed by atoms with Crippen molar-refractivity contribution in [3.05, 3.63) is 45.5 Å². The Morgan fingerprint density at radius 2 is 2.12 bits per heavy atom. The number of methoxy groups -OCH3 is 1. The zero-order valence-corrected chi connectivity index (χ0v) is 9.33. The van der Waals surface area contributed by atoms with Crippen LogP contribution in [0.4, 0.5) is 4.39 Å². The standard InChI is InChI=1S/C12H10FNO3/c1-6-3-4-7(13)10-9(15)5-8(12(16)17-2)14-11(6)10/h3-5H,1-2H3,(H,14,15). The van der Waals surface area contributed by atoms with E-state index in [0.29, 0.717) is 11.1 Å². The topological polar surface area (TPSA) is 59.2 Å². The van der Waals surface area contributed by atoms with E-state index >= 15 is 0 Å². The number of nitrogens with one attached hydrogen (secondary N) is 1. The maximum Gasteiger partial charge on any atom is 0.354 e. The number of H-pyrrole nitrogens is 1. The highest BCUT2D eigenvalue weighted by Gasteiger charge is 2.13. The van der Waals surface area contributed by atoms with Crippen molar-refractivity contribution in [1.82, 2.24) is 4.98 Å². The van der Waals surface area contributed by atoms with Gasteiger partial charge >= 0.3 is 5.97 Å². The molecule has 0 saturated heterocycles. The average molecular weight is 235 g/mol. The quantitative estimate of drug-likeness (QED) is 0.766. The molecule has 0 bridgehead atoms. The highest BCUT2D eigenvalue weighted by atomic mass is 19.1. The molecule has 0 spiro atoms. The Balaban J connectivity index is 2.87. The zero-order valence-electron chi connectivity index (χ0n) is 9.33. The van der Waals surface area contributed by atoms with Crippen molar-refractivity contribution in [2.75, 3.05) is 7.11 Å². The van der Waals surface area contributed by atoms with Gasteiger partial charge in [0.1, 0.15) is 11.5 Å². The number of carbonyl (C=O) groups is 1. The highest BCUT2D eigenvalue weighted by molar-refractivity contribution is 5.91. The van der Waals surface area contributed by atoms with E-state index in [1.54, 1.807) is 6.92 Å². The largest absolute Gasteiger partial charge is 0.464 e. The van der Waals surface area contributed by atoms with Gasteiger partial charge < -0.3 is 9.72 Å². The molecule has 0 radical (unpaired) electrons. The molecule has 0 unspecified atom stereocenters. The van der Waals surface area contributed by atoms with Crippen LogP contribution >= 0.6 is 0 Å². The number of rotatable bonds is 1. The van der Waals surface area contributed by atoms with Gasteiger partial charge in [-0.3, -0.25) is 4.79 Å². The lowest BCUT2D eigenvalue weighted by Crippen LogP contribution is -2.12. The number of hydrogen-bond acceptors (Lipinski definition) is 3. The van der Waals surface area contributed by atoms with E-state index in [2.05, 4.69) is 9.72 Å². The number of aromatic amines is 1. The van der Waals surface area contributed by atoms with Crippen LogP contribution in [0.5, 0.6) is 0 Å².